The molecule has 0 aromatic heterocycles. The number of benzene rings is 2. The zero-order chi connectivity index (χ0) is 17.7. The molecule has 1 amide bonds. The number of ether oxygens (including phenoxy) is 1. The molecule has 0 saturated carbocycles. The third-order valence-electron chi connectivity index (χ3n) is 3.81. The zero-order valence-electron chi connectivity index (χ0n) is 14.7. The summed E-state index contributed by atoms with van der Waals surface area (Å²) < 4.78 is 18.4. The standard InChI is InChI=1S/C20H24FNO2/c1-14(2)22(19-13-15(3)5-6-16(19)4)20(23)11-12-24-18-9-7-17(21)8-10-18/h5-10,13-14H,11-12H2,1-4H3. The van der Waals surface area contributed by atoms with Crippen LogP contribution in [0.1, 0.15) is 31.4 Å². The van der Waals surface area contributed by atoms with Crippen molar-refractivity contribution in [2.45, 2.75) is 40.2 Å². The highest BCUT2D eigenvalue weighted by molar-refractivity contribution is 5.94. The molecule has 4 heteroatoms. The maximum Gasteiger partial charge on any atom is 0.230 e. The molecule has 0 heterocycles. The molecule has 0 aliphatic carbocycles. The van der Waals surface area contributed by atoms with Crippen LogP contribution in [0.2, 0.25) is 0 Å². The van der Waals surface area contributed by atoms with Gasteiger partial charge >= 0.3 is 0 Å². The van der Waals surface area contributed by atoms with Crippen LogP contribution in [0.15, 0.2) is 42.5 Å². The number of nitrogens with zero attached hydrogens (tertiary/aromatic N) is 1. The molecule has 0 unspecified atom stereocenters. The molecule has 2 aromatic carbocycles. The predicted molar refractivity (Wildman–Crippen MR) is 95.1 cm³/mol. The van der Waals surface area contributed by atoms with E-state index in [4.69, 9.17) is 4.74 Å². The third-order valence-corrected chi connectivity index (χ3v) is 3.81. The summed E-state index contributed by atoms with van der Waals surface area (Å²) in [6, 6.07) is 12.0. The summed E-state index contributed by atoms with van der Waals surface area (Å²) in [5.41, 5.74) is 3.13. The van der Waals surface area contributed by atoms with Crippen LogP contribution in [0.4, 0.5) is 10.1 Å². The second-order valence-corrected chi connectivity index (χ2v) is 6.20. The van der Waals surface area contributed by atoms with Gasteiger partial charge in [-0.2, -0.15) is 0 Å². The highest BCUT2D eigenvalue weighted by Crippen LogP contribution is 2.24. The van der Waals surface area contributed by atoms with Gasteiger partial charge in [0.25, 0.3) is 0 Å². The van der Waals surface area contributed by atoms with Crippen molar-refractivity contribution in [3.63, 3.8) is 0 Å². The second kappa shape index (κ2) is 7.95. The molecule has 3 nitrogen and oxygen atoms in total. The first-order valence-corrected chi connectivity index (χ1v) is 8.16. The maximum absolute atomic E-state index is 12.9. The molecule has 0 N–H and O–H groups in total. The minimum Gasteiger partial charge on any atom is -0.493 e. The van der Waals surface area contributed by atoms with Gasteiger partial charge in [0.1, 0.15) is 11.6 Å². The number of halogens is 1. The first kappa shape index (κ1) is 18.0. The number of hydrogen-bond donors (Lipinski definition) is 0. The highest BCUT2D eigenvalue weighted by Gasteiger charge is 2.20. The molecule has 128 valence electrons. The van der Waals surface area contributed by atoms with Crippen LogP contribution < -0.4 is 9.64 Å². The van der Waals surface area contributed by atoms with Crippen molar-refractivity contribution < 1.29 is 13.9 Å². The number of aryl methyl sites for hydroxylation is 2. The summed E-state index contributed by atoms with van der Waals surface area (Å²) in [5.74, 6) is 0.271. The average molecular weight is 329 g/mol. The van der Waals surface area contributed by atoms with Crippen LogP contribution >= 0.6 is 0 Å². The van der Waals surface area contributed by atoms with E-state index >= 15 is 0 Å². The Kier molecular flexibility index (Phi) is 5.96. The molecule has 2 rings (SSSR count). The lowest BCUT2D eigenvalue weighted by Gasteiger charge is -2.29. The van der Waals surface area contributed by atoms with Crippen LogP contribution in [0, 0.1) is 19.7 Å². The fourth-order valence-electron chi connectivity index (χ4n) is 2.59. The Morgan fingerprint density at radius 2 is 1.79 bits per heavy atom. The van der Waals surface area contributed by atoms with E-state index < -0.39 is 0 Å². The lowest BCUT2D eigenvalue weighted by atomic mass is 10.1. The Hall–Kier alpha value is -2.36. The summed E-state index contributed by atoms with van der Waals surface area (Å²) in [7, 11) is 0. The van der Waals surface area contributed by atoms with Gasteiger partial charge in [-0.1, -0.05) is 12.1 Å². The van der Waals surface area contributed by atoms with E-state index in [2.05, 4.69) is 0 Å². The van der Waals surface area contributed by atoms with E-state index in [9.17, 15) is 9.18 Å². The van der Waals surface area contributed by atoms with E-state index in [0.29, 0.717) is 5.75 Å². The van der Waals surface area contributed by atoms with Crippen molar-refractivity contribution in [3.8, 4) is 5.75 Å². The fourth-order valence-corrected chi connectivity index (χ4v) is 2.59. The number of amides is 1. The molecule has 0 aliphatic heterocycles. The smallest absolute Gasteiger partial charge is 0.230 e. The van der Waals surface area contributed by atoms with Gasteiger partial charge in [0.05, 0.1) is 13.0 Å². The van der Waals surface area contributed by atoms with Crippen molar-refractivity contribution in [2.75, 3.05) is 11.5 Å². The first-order valence-electron chi connectivity index (χ1n) is 8.16. The number of anilines is 1. The lowest BCUT2D eigenvalue weighted by molar-refractivity contribution is -0.119. The Balaban J connectivity index is 2.04. The molecule has 0 saturated heterocycles. The molecule has 2 aromatic rings. The molecule has 24 heavy (non-hydrogen) atoms. The molecular formula is C20H24FNO2. The van der Waals surface area contributed by atoms with E-state index in [0.717, 1.165) is 16.8 Å². The normalized spacial score (nSPS) is 10.8. The number of hydrogen-bond acceptors (Lipinski definition) is 2. The van der Waals surface area contributed by atoms with Crippen molar-refractivity contribution in [2.24, 2.45) is 0 Å². The van der Waals surface area contributed by atoms with Gasteiger partial charge in [0, 0.05) is 11.7 Å². The van der Waals surface area contributed by atoms with Crippen molar-refractivity contribution in [1.82, 2.24) is 0 Å². The van der Waals surface area contributed by atoms with Gasteiger partial charge in [-0.15, -0.1) is 0 Å². The largest absolute Gasteiger partial charge is 0.493 e. The summed E-state index contributed by atoms with van der Waals surface area (Å²) in [6.07, 6.45) is 0.267. The number of carbonyl (C=O) groups excluding carboxylic acids is 1. The van der Waals surface area contributed by atoms with Gasteiger partial charge in [0.15, 0.2) is 0 Å². The summed E-state index contributed by atoms with van der Waals surface area (Å²) >= 11 is 0. The van der Waals surface area contributed by atoms with E-state index in [-0.39, 0.29) is 30.8 Å². The Labute approximate surface area is 143 Å². The van der Waals surface area contributed by atoms with Crippen molar-refractivity contribution in [1.29, 1.82) is 0 Å². The lowest BCUT2D eigenvalue weighted by Crippen LogP contribution is -2.38. The van der Waals surface area contributed by atoms with Gasteiger partial charge < -0.3 is 9.64 Å². The third kappa shape index (κ3) is 4.57. The summed E-state index contributed by atoms with van der Waals surface area (Å²) in [6.45, 7) is 8.29. The number of carbonyl (C=O) groups is 1. The average Bonchev–Trinajstić information content (AvgIpc) is 2.52. The maximum atomic E-state index is 12.9. The van der Waals surface area contributed by atoms with Gasteiger partial charge in [-0.25, -0.2) is 4.39 Å². The van der Waals surface area contributed by atoms with Gasteiger partial charge in [-0.3, -0.25) is 4.79 Å². The minimum absolute atomic E-state index is 0.0146. The van der Waals surface area contributed by atoms with E-state index in [1.54, 1.807) is 12.1 Å². The Morgan fingerprint density at radius 1 is 1.12 bits per heavy atom. The van der Waals surface area contributed by atoms with Crippen molar-refractivity contribution >= 4 is 11.6 Å². The highest BCUT2D eigenvalue weighted by atomic mass is 19.1. The van der Waals surface area contributed by atoms with Gasteiger partial charge in [0.2, 0.25) is 5.91 Å². The predicted octanol–water partition coefficient (Wildman–Crippen LogP) is 4.65. The molecule has 0 radical (unpaired) electrons. The van der Waals surface area contributed by atoms with Crippen LogP contribution in [-0.4, -0.2) is 18.6 Å². The van der Waals surface area contributed by atoms with Crippen LogP contribution in [0.25, 0.3) is 0 Å². The van der Waals surface area contributed by atoms with Gasteiger partial charge in [-0.05, 0) is 69.2 Å². The Bertz CT molecular complexity index is 695. The number of rotatable bonds is 6. The molecule has 0 bridgehead atoms. The van der Waals surface area contributed by atoms with Crippen molar-refractivity contribution in [3.05, 3.63) is 59.4 Å². The molecule has 0 spiro atoms. The molecule has 0 fully saturated rings. The van der Waals surface area contributed by atoms with E-state index in [1.165, 1.54) is 12.1 Å². The Morgan fingerprint density at radius 3 is 2.42 bits per heavy atom. The first-order chi connectivity index (χ1) is 11.4. The fraction of sp³-hybridized carbons (Fsp3) is 0.350. The SMILES string of the molecule is Cc1ccc(C)c(N(C(=O)CCOc2ccc(F)cc2)C(C)C)c1. The second-order valence-electron chi connectivity index (χ2n) is 6.20. The quantitative estimate of drug-likeness (QED) is 0.772. The zero-order valence-corrected chi connectivity index (χ0v) is 14.7. The summed E-state index contributed by atoms with van der Waals surface area (Å²) in [4.78, 5) is 14.5. The van der Waals surface area contributed by atoms with Crippen LogP contribution in [0.3, 0.4) is 0 Å². The topological polar surface area (TPSA) is 29.5 Å². The molecule has 0 aliphatic rings. The minimum atomic E-state index is -0.306. The monoisotopic (exact) mass is 329 g/mol. The molecular weight excluding hydrogens is 305 g/mol. The van der Waals surface area contributed by atoms with Crippen LogP contribution in [-0.2, 0) is 4.79 Å². The molecule has 0 atom stereocenters. The summed E-state index contributed by atoms with van der Waals surface area (Å²) in [5, 5.41) is 0. The van der Waals surface area contributed by atoms with Crippen LogP contribution in [0.5, 0.6) is 5.75 Å². The van der Waals surface area contributed by atoms with E-state index in [1.807, 2.05) is 50.8 Å².